The molecule has 0 fully saturated rings. The molecule has 0 saturated heterocycles. The van der Waals surface area contributed by atoms with Crippen LogP contribution < -0.4 is 0 Å². The van der Waals surface area contributed by atoms with E-state index in [9.17, 15) is 0 Å². The summed E-state index contributed by atoms with van der Waals surface area (Å²) >= 11 is 0. The maximum atomic E-state index is 3.25. The van der Waals surface area contributed by atoms with E-state index in [1.165, 1.54) is 0 Å². The van der Waals surface area contributed by atoms with E-state index in [4.69, 9.17) is 0 Å². The van der Waals surface area contributed by atoms with Gasteiger partial charge in [-0.15, -0.1) is 0 Å². The fourth-order valence-electron chi connectivity index (χ4n) is 0. The van der Waals surface area contributed by atoms with Gasteiger partial charge in [-0.2, -0.15) is 6.92 Å². The normalized spacial score (nSPS) is 0.429. The van der Waals surface area contributed by atoms with E-state index in [-0.39, 0.29) is 128 Å². The van der Waals surface area contributed by atoms with Crippen LogP contribution in [0.2, 0.25) is 0 Å². The van der Waals surface area contributed by atoms with Gasteiger partial charge in [-0.1, -0.05) is 59.4 Å². The summed E-state index contributed by atoms with van der Waals surface area (Å²) in [7, 11) is 0. The predicted octanol–water partition coefficient (Wildman–Crippen LogP) is 6.82. The molecule has 0 rings (SSSR count). The second-order valence-corrected chi connectivity index (χ2v) is 0. The number of hydrogen-bond donors (Lipinski definition) is 0. The zero-order valence-electron chi connectivity index (χ0n) is 4.69. The van der Waals surface area contributed by atoms with Crippen LogP contribution in [-0.4, -0.2) is 0 Å². The summed E-state index contributed by atoms with van der Waals surface area (Å²) in [4.78, 5) is 0. The van der Waals surface area contributed by atoms with Gasteiger partial charge in [0.2, 0.25) is 0 Å². The van der Waals surface area contributed by atoms with Gasteiger partial charge in [-0.3, -0.25) is 0 Å². The first kappa shape index (κ1) is 443. The maximum absolute atomic E-state index is 3.25. The van der Waals surface area contributed by atoms with Gasteiger partial charge < -0.3 is 21.8 Å². The van der Waals surface area contributed by atoms with Crippen molar-refractivity contribution in [2.24, 2.45) is 0 Å². The molecule has 0 bridgehead atoms. The summed E-state index contributed by atoms with van der Waals surface area (Å²) in [6.45, 7) is 5.00. The molecule has 0 aromatic heterocycles. The Morgan fingerprint density at radius 2 is 0.500 bits per heavy atom. The summed E-state index contributed by atoms with van der Waals surface area (Å²) in [5.41, 5.74) is 0. The van der Waals surface area contributed by atoms with Crippen molar-refractivity contribution in [3.05, 3.63) is 21.8 Å². The van der Waals surface area contributed by atoms with Crippen LogP contribution in [0.15, 0.2) is 0 Å². The first-order chi connectivity index (χ1) is 1.00. The molecule has 0 spiro atoms. The second kappa shape index (κ2) is 876. The van der Waals surface area contributed by atoms with E-state index < -0.39 is 0 Å². The molecule has 0 aliphatic carbocycles. The van der Waals surface area contributed by atoms with Gasteiger partial charge in [0, 0.05) is 53.8 Å². The molecule has 0 nitrogen and oxygen atoms in total. The van der Waals surface area contributed by atoms with Crippen molar-refractivity contribution in [1.29, 1.82) is 0 Å². The minimum Gasteiger partial charge on any atom is -0.358 e. The minimum absolute atomic E-state index is 0. The maximum Gasteiger partial charge on any atom is 0 e. The van der Waals surface area contributed by atoms with Crippen LogP contribution in [0, 0.1) is 21.8 Å². The Kier molecular flexibility index (Phi) is 27700. The largest absolute Gasteiger partial charge is 0.358 e. The van der Waals surface area contributed by atoms with Gasteiger partial charge in [-0.05, 0) is 0 Å². The molecule has 0 amide bonds. The fourth-order valence-corrected chi connectivity index (χ4v) is 0. The Hall–Kier alpha value is 1.79. The third kappa shape index (κ3) is 703. The van der Waals surface area contributed by atoms with Gasteiger partial charge in [0.1, 0.15) is 0 Å². The molecule has 0 aromatic rings. The van der Waals surface area contributed by atoms with Gasteiger partial charge in [0.15, 0.2) is 0 Å². The van der Waals surface area contributed by atoms with E-state index >= 15 is 0 Å². The predicted molar refractivity (Wildman–Crippen MR) is 77.7 cm³/mol. The first-order valence-electron chi connectivity index (χ1n) is 0.707. The van der Waals surface area contributed by atoms with Crippen LogP contribution >= 0.6 is 0 Å². The third-order valence-corrected chi connectivity index (χ3v) is 0. The van der Waals surface area contributed by atoms with Gasteiger partial charge >= 0.3 is 0 Å². The van der Waals surface area contributed by atoms with Gasteiger partial charge in [0.05, 0.1) is 0 Å². The Labute approximate surface area is 141 Å². The molecule has 103 valence electrons. The summed E-state index contributed by atoms with van der Waals surface area (Å²) in [6.07, 6.45) is 0. The van der Waals surface area contributed by atoms with Crippen LogP contribution in [0.1, 0.15) is 66.3 Å². The van der Waals surface area contributed by atoms with Crippen molar-refractivity contribution in [1.82, 2.24) is 0 Å². The quantitative estimate of drug-likeness (QED) is 0.348. The van der Waals surface area contributed by atoms with Crippen molar-refractivity contribution >= 4 is 0 Å². The Bertz CT molecular complexity index is 10.3. The molecule has 0 heterocycles. The van der Waals surface area contributed by atoms with Crippen LogP contribution in [0.25, 0.3) is 0 Å². The topological polar surface area (TPSA) is 0 Å². The van der Waals surface area contributed by atoms with Gasteiger partial charge in [0.25, 0.3) is 0 Å². The smallest absolute Gasteiger partial charge is 0 e. The van der Waals surface area contributed by atoms with Crippen LogP contribution in [-0.2, 0) is 53.8 Å². The molecule has 2 heteroatoms. The number of hydrogen-bond acceptors (Lipinski definition) is 0. The number of rotatable bonds is 0. The van der Waals surface area contributed by atoms with E-state index in [0.29, 0.717) is 0 Å². The summed E-state index contributed by atoms with van der Waals surface area (Å²) < 4.78 is 0. The van der Waals surface area contributed by atoms with Gasteiger partial charge in [-0.25, -0.2) is 0 Å². The van der Waals surface area contributed by atoms with Crippen LogP contribution in [0.5, 0.6) is 0 Å². The fraction of sp³-hybridized carbons (Fsp3) is 0.750. The van der Waals surface area contributed by atoms with Crippen LogP contribution in [0.3, 0.4) is 0 Å². The monoisotopic (exact) mass is 460 g/mol. The molecular formula is C12H43WY-3. The van der Waals surface area contributed by atoms with Crippen molar-refractivity contribution in [3.8, 4) is 0 Å². The van der Waals surface area contributed by atoms with Crippen molar-refractivity contribution in [2.75, 3.05) is 0 Å². The Morgan fingerprint density at radius 3 is 0.500 bits per heavy atom. The SMILES string of the molecule is C.C.C.C.C.C.C.C.[CH2-]C.[CH3-].[CH3-].[W].[Y]. The second-order valence-electron chi connectivity index (χ2n) is 0. The molecule has 0 aliphatic heterocycles. The van der Waals surface area contributed by atoms with E-state index in [2.05, 4.69) is 6.92 Å². The Morgan fingerprint density at radius 1 is 0.500 bits per heavy atom. The van der Waals surface area contributed by atoms with Crippen molar-refractivity contribution in [3.63, 3.8) is 0 Å². The van der Waals surface area contributed by atoms with Crippen LogP contribution in [0.4, 0.5) is 0 Å². The average Bonchev–Trinajstić information content (AvgIpc) is 1.00. The standard InChI is InChI=1S/C2H5.8CH4.2CH3.W.Y/c1-2;;;;;;;;;;;;/h1H2,2H3;8*1H4;2*1H3;;/q-1;;;;;;;;;2*-1;;. The summed E-state index contributed by atoms with van der Waals surface area (Å²) in [5.74, 6) is 0. The molecule has 1 radical (unpaired) electrons. The molecular weight excluding hydrogens is 417 g/mol. The Balaban J connectivity index is -0.0000000000758. The zero-order valence-corrected chi connectivity index (χ0v) is 10.5. The first-order valence-corrected chi connectivity index (χ1v) is 0.707. The average molecular weight is 460 g/mol. The van der Waals surface area contributed by atoms with E-state index in [0.717, 1.165) is 0 Å². The molecule has 0 aromatic carbocycles. The molecule has 14 heavy (non-hydrogen) atoms. The van der Waals surface area contributed by atoms with Crippen molar-refractivity contribution < 1.29 is 53.8 Å². The van der Waals surface area contributed by atoms with E-state index in [1.807, 2.05) is 0 Å². The van der Waals surface area contributed by atoms with Crippen molar-refractivity contribution in [2.45, 2.75) is 66.3 Å². The summed E-state index contributed by atoms with van der Waals surface area (Å²) in [5, 5.41) is 0. The molecule has 0 atom stereocenters. The summed E-state index contributed by atoms with van der Waals surface area (Å²) in [6, 6.07) is 0. The molecule has 0 saturated carbocycles. The molecule has 0 aliphatic rings. The molecule has 0 unspecified atom stereocenters. The zero-order chi connectivity index (χ0) is 2.00. The minimum atomic E-state index is 0. The third-order valence-electron chi connectivity index (χ3n) is 0. The van der Waals surface area contributed by atoms with E-state index in [1.54, 1.807) is 6.92 Å². The molecule has 0 N–H and O–H groups in total.